The smallest absolute Gasteiger partial charge is 0.351 e. The molecule has 2 aromatic carbocycles. The van der Waals surface area contributed by atoms with E-state index in [1.54, 1.807) is 0 Å². The fourth-order valence-corrected chi connectivity index (χ4v) is 3.77. The second kappa shape index (κ2) is 10.9. The van der Waals surface area contributed by atoms with Crippen LogP contribution in [0.3, 0.4) is 0 Å². The lowest BCUT2D eigenvalue weighted by atomic mass is 9.98. The van der Waals surface area contributed by atoms with Crippen molar-refractivity contribution in [1.29, 1.82) is 0 Å². The molecular weight excluding hydrogens is 524 g/mol. The molecule has 1 heterocycles. The van der Waals surface area contributed by atoms with E-state index >= 15 is 0 Å². The Kier molecular flexibility index (Phi) is 8.28. The Labute approximate surface area is 208 Å². The summed E-state index contributed by atoms with van der Waals surface area (Å²) in [5, 5.41) is 2.53. The highest BCUT2D eigenvalue weighted by atomic mass is 32.2. The van der Waals surface area contributed by atoms with Crippen LogP contribution < -0.4 is 10.0 Å². The fourth-order valence-electron chi connectivity index (χ4n) is 3.35. The normalized spacial score (nSPS) is 12.9. The monoisotopic (exact) mass is 545 g/mol. The third kappa shape index (κ3) is 7.29. The molecule has 0 saturated heterocycles. The lowest BCUT2D eigenvalue weighted by Crippen LogP contribution is -2.28. The topological polar surface area (TPSA) is 88.2 Å². The van der Waals surface area contributed by atoms with E-state index in [1.807, 2.05) is 0 Å². The van der Waals surface area contributed by atoms with Gasteiger partial charge in [-0.3, -0.25) is 4.79 Å². The first-order valence-electron chi connectivity index (χ1n) is 10.7. The second-order valence-corrected chi connectivity index (χ2v) is 10.0. The van der Waals surface area contributed by atoms with Crippen LogP contribution in [0.5, 0.6) is 0 Å². The number of amides is 1. The van der Waals surface area contributed by atoms with E-state index in [4.69, 9.17) is 0 Å². The average Bonchev–Trinajstić information content (AvgIpc) is 2.81. The van der Waals surface area contributed by atoms with E-state index in [0.717, 1.165) is 30.5 Å². The highest BCUT2D eigenvalue weighted by Crippen LogP contribution is 2.32. The van der Waals surface area contributed by atoms with Crippen molar-refractivity contribution in [2.45, 2.75) is 32.1 Å². The van der Waals surface area contributed by atoms with Gasteiger partial charge in [0.05, 0.1) is 17.9 Å². The summed E-state index contributed by atoms with van der Waals surface area (Å²) >= 11 is 0. The van der Waals surface area contributed by atoms with Gasteiger partial charge in [-0.1, -0.05) is 18.2 Å². The van der Waals surface area contributed by atoms with E-state index in [-0.39, 0.29) is 41.0 Å². The quantitative estimate of drug-likeness (QED) is 0.404. The van der Waals surface area contributed by atoms with Crippen molar-refractivity contribution in [3.05, 3.63) is 88.4 Å². The zero-order valence-corrected chi connectivity index (χ0v) is 20.3. The van der Waals surface area contributed by atoms with Crippen molar-refractivity contribution in [3.8, 4) is 11.3 Å². The van der Waals surface area contributed by atoms with Gasteiger partial charge in [-0.05, 0) is 48.4 Å². The molecule has 0 spiro atoms. The minimum atomic E-state index is -4.79. The maximum atomic E-state index is 14.4. The van der Waals surface area contributed by atoms with E-state index in [2.05, 4.69) is 15.0 Å². The number of carbonyl (C=O) groups is 1. The molecule has 2 N–H and O–H groups in total. The van der Waals surface area contributed by atoms with E-state index < -0.39 is 51.2 Å². The molecule has 37 heavy (non-hydrogen) atoms. The zero-order valence-electron chi connectivity index (χ0n) is 19.5. The Balaban J connectivity index is 1.81. The van der Waals surface area contributed by atoms with Gasteiger partial charge in [0.2, 0.25) is 15.9 Å². The standard InChI is InChI=1S/C24H21F6N3O3S/c1-13(14-3-4-16(19(26)9-14)12-32-37(2,35)36)23(34)31-11-17-6-8-21(24(28,29)30)33-22(17)15-5-7-18(25)20(27)10-15/h3-10,13,32H,11-12H2,1-2H3,(H,31,34). The molecular formula is C24H21F6N3O3S. The van der Waals surface area contributed by atoms with Crippen LogP contribution in [0.15, 0.2) is 48.5 Å². The number of nitrogens with one attached hydrogen (secondary N) is 2. The van der Waals surface area contributed by atoms with Crippen LogP contribution in [-0.2, 0) is 34.1 Å². The first-order chi connectivity index (χ1) is 17.2. The summed E-state index contributed by atoms with van der Waals surface area (Å²) in [6, 6.07) is 8.14. The Bertz CT molecular complexity index is 1430. The maximum absolute atomic E-state index is 14.4. The van der Waals surface area contributed by atoms with E-state index in [1.165, 1.54) is 19.1 Å². The molecule has 1 unspecified atom stereocenters. The summed E-state index contributed by atoms with van der Waals surface area (Å²) in [6.45, 7) is 0.889. The Morgan fingerprint density at radius 3 is 2.19 bits per heavy atom. The summed E-state index contributed by atoms with van der Waals surface area (Å²) in [7, 11) is -3.54. The molecule has 3 rings (SSSR count). The van der Waals surface area contributed by atoms with E-state index in [0.29, 0.717) is 12.1 Å². The van der Waals surface area contributed by atoms with Gasteiger partial charge in [0.25, 0.3) is 0 Å². The Morgan fingerprint density at radius 1 is 0.919 bits per heavy atom. The summed E-state index contributed by atoms with van der Waals surface area (Å²) in [4.78, 5) is 16.3. The number of rotatable bonds is 8. The molecule has 198 valence electrons. The van der Waals surface area contributed by atoms with Gasteiger partial charge in [-0.2, -0.15) is 13.2 Å². The molecule has 0 aliphatic carbocycles. The number of sulfonamides is 1. The summed E-state index contributed by atoms with van der Waals surface area (Å²) < 4.78 is 106. The molecule has 0 bridgehead atoms. The molecule has 1 aromatic heterocycles. The summed E-state index contributed by atoms with van der Waals surface area (Å²) in [5.41, 5.74) is -1.24. The number of hydrogen-bond acceptors (Lipinski definition) is 4. The van der Waals surface area contributed by atoms with Crippen molar-refractivity contribution >= 4 is 15.9 Å². The molecule has 1 amide bonds. The minimum absolute atomic E-state index is 0.0637. The number of hydrogen-bond donors (Lipinski definition) is 2. The molecule has 3 aromatic rings. The predicted octanol–water partition coefficient (Wildman–Crippen LogP) is 4.65. The number of benzene rings is 2. The maximum Gasteiger partial charge on any atom is 0.433 e. The molecule has 0 radical (unpaired) electrons. The Hall–Kier alpha value is -3.45. The fraction of sp³-hybridized carbons (Fsp3) is 0.250. The lowest BCUT2D eigenvalue weighted by molar-refractivity contribution is -0.141. The van der Waals surface area contributed by atoms with Crippen LogP contribution in [0.25, 0.3) is 11.3 Å². The number of carbonyl (C=O) groups excluding carboxylic acids is 1. The van der Waals surface area contributed by atoms with Gasteiger partial charge in [0.15, 0.2) is 11.6 Å². The van der Waals surface area contributed by atoms with Crippen LogP contribution in [0.4, 0.5) is 26.3 Å². The number of nitrogens with zero attached hydrogens (tertiary/aromatic N) is 1. The minimum Gasteiger partial charge on any atom is -0.351 e. The van der Waals surface area contributed by atoms with Crippen molar-refractivity contribution in [2.24, 2.45) is 0 Å². The van der Waals surface area contributed by atoms with Crippen LogP contribution in [0.1, 0.15) is 35.2 Å². The van der Waals surface area contributed by atoms with Crippen LogP contribution >= 0.6 is 0 Å². The van der Waals surface area contributed by atoms with E-state index in [9.17, 15) is 39.6 Å². The molecule has 1 atom stereocenters. The average molecular weight is 546 g/mol. The molecule has 0 saturated carbocycles. The largest absolute Gasteiger partial charge is 0.433 e. The predicted molar refractivity (Wildman–Crippen MR) is 123 cm³/mol. The number of halogens is 6. The number of pyridine rings is 1. The molecule has 6 nitrogen and oxygen atoms in total. The molecule has 0 aliphatic heterocycles. The zero-order chi connectivity index (χ0) is 27.5. The Morgan fingerprint density at radius 2 is 1.59 bits per heavy atom. The van der Waals surface area contributed by atoms with Crippen molar-refractivity contribution < 1.29 is 39.6 Å². The van der Waals surface area contributed by atoms with Crippen LogP contribution in [0, 0.1) is 17.5 Å². The lowest BCUT2D eigenvalue weighted by Gasteiger charge is -2.16. The molecule has 0 aliphatic rings. The second-order valence-electron chi connectivity index (χ2n) is 8.21. The van der Waals surface area contributed by atoms with Crippen molar-refractivity contribution in [2.75, 3.05) is 6.26 Å². The van der Waals surface area contributed by atoms with Gasteiger partial charge >= 0.3 is 6.18 Å². The molecule has 0 fully saturated rings. The van der Waals surface area contributed by atoms with Crippen LogP contribution in [0.2, 0.25) is 0 Å². The van der Waals surface area contributed by atoms with Gasteiger partial charge in [-0.15, -0.1) is 0 Å². The van der Waals surface area contributed by atoms with Crippen molar-refractivity contribution in [3.63, 3.8) is 0 Å². The van der Waals surface area contributed by atoms with Crippen molar-refractivity contribution in [1.82, 2.24) is 15.0 Å². The first kappa shape index (κ1) is 28.1. The molecule has 13 heteroatoms. The summed E-state index contributed by atoms with van der Waals surface area (Å²) in [6.07, 6.45) is -3.87. The highest BCUT2D eigenvalue weighted by molar-refractivity contribution is 7.88. The SMILES string of the molecule is CC(C(=O)NCc1ccc(C(F)(F)F)nc1-c1ccc(F)c(F)c1)c1ccc(CNS(C)(=O)=O)c(F)c1. The number of aromatic nitrogens is 1. The summed E-state index contributed by atoms with van der Waals surface area (Å²) in [5.74, 6) is -4.69. The van der Waals surface area contributed by atoms with Gasteiger partial charge < -0.3 is 5.32 Å². The van der Waals surface area contributed by atoms with Gasteiger partial charge in [0, 0.05) is 24.2 Å². The third-order valence-corrected chi connectivity index (χ3v) is 6.08. The number of alkyl halides is 3. The first-order valence-corrected chi connectivity index (χ1v) is 12.6. The van der Waals surface area contributed by atoms with Gasteiger partial charge in [-0.25, -0.2) is 31.3 Å². The van der Waals surface area contributed by atoms with Crippen LogP contribution in [-0.4, -0.2) is 25.6 Å². The third-order valence-electron chi connectivity index (χ3n) is 5.41. The highest BCUT2D eigenvalue weighted by Gasteiger charge is 2.33. The van der Waals surface area contributed by atoms with Gasteiger partial charge in [0.1, 0.15) is 11.5 Å².